The zero-order valence-electron chi connectivity index (χ0n) is 8.96. The topological polar surface area (TPSA) is 24.9 Å². The van der Waals surface area contributed by atoms with Crippen molar-refractivity contribution in [1.29, 1.82) is 0 Å². The molecule has 76 valence electrons. The molecule has 1 atom stereocenters. The summed E-state index contributed by atoms with van der Waals surface area (Å²) in [6.07, 6.45) is 4.44. The molecule has 1 unspecified atom stereocenters. The number of nitrogens with zero attached hydrogens (tertiary/aromatic N) is 1. The highest BCUT2D eigenvalue weighted by Crippen LogP contribution is 2.23. The van der Waals surface area contributed by atoms with Gasteiger partial charge in [0.15, 0.2) is 0 Å². The first-order chi connectivity index (χ1) is 6.77. The lowest BCUT2D eigenvalue weighted by atomic mass is 10.0. The Kier molecular flexibility index (Phi) is 2.82. The van der Waals surface area contributed by atoms with Crippen LogP contribution in [0, 0.1) is 0 Å². The highest BCUT2D eigenvalue weighted by Gasteiger charge is 2.17. The van der Waals surface area contributed by atoms with Crippen LogP contribution in [0.15, 0.2) is 18.3 Å². The smallest absolute Gasteiger partial charge is 0.0576 e. The van der Waals surface area contributed by atoms with Crippen molar-refractivity contribution in [3.8, 4) is 0 Å². The lowest BCUT2D eigenvalue weighted by Gasteiger charge is -2.12. The summed E-state index contributed by atoms with van der Waals surface area (Å²) in [5.74, 6) is 0.596. The first-order valence-electron chi connectivity index (χ1n) is 5.46. The van der Waals surface area contributed by atoms with Crippen LogP contribution in [0.2, 0.25) is 0 Å². The third kappa shape index (κ3) is 1.95. The molecule has 2 heterocycles. The molecule has 1 N–H and O–H groups in total. The maximum atomic E-state index is 4.44. The van der Waals surface area contributed by atoms with E-state index in [4.69, 9.17) is 0 Å². The van der Waals surface area contributed by atoms with Gasteiger partial charge >= 0.3 is 0 Å². The summed E-state index contributed by atoms with van der Waals surface area (Å²) in [5.41, 5.74) is 2.61. The summed E-state index contributed by atoms with van der Waals surface area (Å²) in [7, 11) is 0. The molecular weight excluding hydrogens is 172 g/mol. The van der Waals surface area contributed by atoms with E-state index in [1.54, 1.807) is 0 Å². The van der Waals surface area contributed by atoms with Crippen LogP contribution in [0.1, 0.15) is 49.9 Å². The van der Waals surface area contributed by atoms with Crippen molar-refractivity contribution in [2.45, 2.75) is 38.6 Å². The molecule has 0 radical (unpaired) electrons. The van der Waals surface area contributed by atoms with Crippen molar-refractivity contribution in [1.82, 2.24) is 10.3 Å². The van der Waals surface area contributed by atoms with Crippen molar-refractivity contribution in [3.05, 3.63) is 29.6 Å². The third-order valence-corrected chi connectivity index (χ3v) is 2.89. The van der Waals surface area contributed by atoms with Crippen molar-refractivity contribution in [2.75, 3.05) is 6.54 Å². The molecule has 0 spiro atoms. The second-order valence-corrected chi connectivity index (χ2v) is 4.32. The number of hydrogen-bond acceptors (Lipinski definition) is 2. The van der Waals surface area contributed by atoms with Crippen molar-refractivity contribution in [2.24, 2.45) is 0 Å². The first-order valence-corrected chi connectivity index (χ1v) is 5.46. The molecule has 0 aromatic carbocycles. The van der Waals surface area contributed by atoms with E-state index in [0.29, 0.717) is 12.0 Å². The molecule has 2 rings (SSSR count). The fourth-order valence-corrected chi connectivity index (χ4v) is 1.95. The van der Waals surface area contributed by atoms with Crippen molar-refractivity contribution >= 4 is 0 Å². The van der Waals surface area contributed by atoms with Gasteiger partial charge in [-0.15, -0.1) is 0 Å². The van der Waals surface area contributed by atoms with Crippen LogP contribution in [0.3, 0.4) is 0 Å². The lowest BCUT2D eigenvalue weighted by molar-refractivity contribution is 0.625. The molecule has 2 heteroatoms. The summed E-state index contributed by atoms with van der Waals surface area (Å²) >= 11 is 0. The largest absolute Gasteiger partial charge is 0.309 e. The van der Waals surface area contributed by atoms with Gasteiger partial charge in [0, 0.05) is 12.2 Å². The minimum atomic E-state index is 0.494. The predicted molar refractivity (Wildman–Crippen MR) is 58.3 cm³/mol. The molecule has 1 fully saturated rings. The molecule has 0 amide bonds. The Hall–Kier alpha value is -0.890. The monoisotopic (exact) mass is 190 g/mol. The normalized spacial score (nSPS) is 21.8. The fourth-order valence-electron chi connectivity index (χ4n) is 1.95. The van der Waals surface area contributed by atoms with Gasteiger partial charge in [0.1, 0.15) is 0 Å². The average Bonchev–Trinajstić information content (AvgIpc) is 2.71. The van der Waals surface area contributed by atoms with Gasteiger partial charge in [0.2, 0.25) is 0 Å². The molecule has 0 aliphatic carbocycles. The van der Waals surface area contributed by atoms with E-state index in [1.165, 1.54) is 24.1 Å². The van der Waals surface area contributed by atoms with Gasteiger partial charge in [0.05, 0.1) is 5.69 Å². The molecule has 1 aliphatic rings. The van der Waals surface area contributed by atoms with Crippen molar-refractivity contribution < 1.29 is 0 Å². The highest BCUT2D eigenvalue weighted by atomic mass is 15.0. The van der Waals surface area contributed by atoms with Gasteiger partial charge in [-0.1, -0.05) is 13.8 Å². The lowest BCUT2D eigenvalue weighted by Crippen LogP contribution is -2.14. The highest BCUT2D eigenvalue weighted by molar-refractivity contribution is 5.22. The molecule has 14 heavy (non-hydrogen) atoms. The second kappa shape index (κ2) is 4.09. The molecule has 1 aromatic rings. The van der Waals surface area contributed by atoms with Gasteiger partial charge in [-0.05, 0) is 43.0 Å². The Balaban J connectivity index is 2.21. The quantitative estimate of drug-likeness (QED) is 0.775. The van der Waals surface area contributed by atoms with Crippen LogP contribution in [0.4, 0.5) is 0 Å². The Labute approximate surface area is 85.7 Å². The van der Waals surface area contributed by atoms with Crippen LogP contribution in [0.5, 0.6) is 0 Å². The third-order valence-electron chi connectivity index (χ3n) is 2.89. The van der Waals surface area contributed by atoms with E-state index in [2.05, 4.69) is 36.3 Å². The van der Waals surface area contributed by atoms with Gasteiger partial charge in [-0.2, -0.15) is 0 Å². The predicted octanol–water partition coefficient (Wildman–Crippen LogP) is 2.63. The van der Waals surface area contributed by atoms with Crippen LogP contribution in [0.25, 0.3) is 0 Å². The number of hydrogen-bond donors (Lipinski definition) is 1. The zero-order valence-corrected chi connectivity index (χ0v) is 8.96. The molecule has 1 aliphatic heterocycles. The molecular formula is C12H18N2. The standard InChI is InChI=1S/C12H18N2/c1-9(2)10-5-7-14-12(8-10)11-4-3-6-13-11/h5,7-9,11,13H,3-4,6H2,1-2H3. The van der Waals surface area contributed by atoms with E-state index in [-0.39, 0.29) is 0 Å². The maximum Gasteiger partial charge on any atom is 0.0576 e. The Bertz CT molecular complexity index is 301. The SMILES string of the molecule is CC(C)c1ccnc(C2CCCN2)c1. The summed E-state index contributed by atoms with van der Waals surface area (Å²) in [6, 6.07) is 4.85. The number of pyridine rings is 1. The van der Waals surface area contributed by atoms with Gasteiger partial charge in [-0.25, -0.2) is 0 Å². The van der Waals surface area contributed by atoms with Crippen LogP contribution < -0.4 is 5.32 Å². The summed E-state index contributed by atoms with van der Waals surface area (Å²) in [5, 5.41) is 3.48. The average molecular weight is 190 g/mol. The molecule has 0 bridgehead atoms. The fraction of sp³-hybridized carbons (Fsp3) is 0.583. The van der Waals surface area contributed by atoms with Crippen LogP contribution in [-0.2, 0) is 0 Å². The summed E-state index contributed by atoms with van der Waals surface area (Å²) in [6.45, 7) is 5.58. The minimum Gasteiger partial charge on any atom is -0.309 e. The van der Waals surface area contributed by atoms with E-state index < -0.39 is 0 Å². The molecule has 1 aromatic heterocycles. The first kappa shape index (κ1) is 9.66. The van der Waals surface area contributed by atoms with E-state index >= 15 is 0 Å². The van der Waals surface area contributed by atoms with E-state index in [9.17, 15) is 0 Å². The summed E-state index contributed by atoms with van der Waals surface area (Å²) in [4.78, 5) is 4.44. The van der Waals surface area contributed by atoms with E-state index in [1.807, 2.05) is 6.20 Å². The summed E-state index contributed by atoms with van der Waals surface area (Å²) < 4.78 is 0. The van der Waals surface area contributed by atoms with Gasteiger partial charge in [0.25, 0.3) is 0 Å². The molecule has 2 nitrogen and oxygen atoms in total. The number of rotatable bonds is 2. The van der Waals surface area contributed by atoms with Crippen molar-refractivity contribution in [3.63, 3.8) is 0 Å². The minimum absolute atomic E-state index is 0.494. The second-order valence-electron chi connectivity index (χ2n) is 4.32. The van der Waals surface area contributed by atoms with Gasteiger partial charge in [-0.3, -0.25) is 4.98 Å². The Morgan fingerprint density at radius 2 is 2.36 bits per heavy atom. The van der Waals surface area contributed by atoms with Gasteiger partial charge < -0.3 is 5.32 Å². The zero-order chi connectivity index (χ0) is 9.97. The van der Waals surface area contributed by atoms with Crippen LogP contribution >= 0.6 is 0 Å². The van der Waals surface area contributed by atoms with Crippen LogP contribution in [-0.4, -0.2) is 11.5 Å². The number of aromatic nitrogens is 1. The van der Waals surface area contributed by atoms with E-state index in [0.717, 1.165) is 6.54 Å². The maximum absolute atomic E-state index is 4.44. The number of nitrogens with one attached hydrogen (secondary N) is 1. The molecule has 0 saturated carbocycles. The molecule has 1 saturated heterocycles. The Morgan fingerprint density at radius 3 is 3.00 bits per heavy atom. The Morgan fingerprint density at radius 1 is 1.50 bits per heavy atom.